The molecule has 2 rings (SSSR count). The van der Waals surface area contributed by atoms with Crippen molar-refractivity contribution in [2.24, 2.45) is 16.3 Å². The maximum Gasteiger partial charge on any atom is 0.193 e. The van der Waals surface area contributed by atoms with Crippen molar-refractivity contribution >= 4 is 17.7 Å². The van der Waals surface area contributed by atoms with Gasteiger partial charge in [-0.1, -0.05) is 13.8 Å². The molecular weight excluding hydrogens is 282 g/mol. The molecule has 1 saturated heterocycles. The molecule has 0 bridgehead atoms. The molecule has 1 aliphatic carbocycles. The van der Waals surface area contributed by atoms with E-state index in [4.69, 9.17) is 4.74 Å². The van der Waals surface area contributed by atoms with Gasteiger partial charge in [0.25, 0.3) is 0 Å². The lowest BCUT2D eigenvalue weighted by Crippen LogP contribution is -2.50. The zero-order valence-corrected chi connectivity index (χ0v) is 14.8. The van der Waals surface area contributed by atoms with Crippen LogP contribution in [-0.2, 0) is 4.74 Å². The van der Waals surface area contributed by atoms with Crippen LogP contribution in [0.4, 0.5) is 0 Å². The van der Waals surface area contributed by atoms with Gasteiger partial charge in [0.15, 0.2) is 5.96 Å². The second-order valence-corrected chi connectivity index (χ2v) is 8.09. The summed E-state index contributed by atoms with van der Waals surface area (Å²) in [4.78, 5) is 6.95. The molecule has 0 aromatic rings. The summed E-state index contributed by atoms with van der Waals surface area (Å²) in [5.41, 5.74) is 0.466. The highest BCUT2D eigenvalue weighted by Crippen LogP contribution is 2.48. The summed E-state index contributed by atoms with van der Waals surface area (Å²) in [6.45, 7) is 8.78. The number of nitrogens with one attached hydrogen (secondary N) is 1. The van der Waals surface area contributed by atoms with E-state index >= 15 is 0 Å². The van der Waals surface area contributed by atoms with E-state index in [0.717, 1.165) is 49.8 Å². The maximum atomic E-state index is 5.24. The van der Waals surface area contributed by atoms with Gasteiger partial charge in [-0.25, -0.2) is 0 Å². The zero-order valence-electron chi connectivity index (χ0n) is 14.0. The molecule has 0 aromatic heterocycles. The van der Waals surface area contributed by atoms with Gasteiger partial charge >= 0.3 is 0 Å². The third-order valence-electron chi connectivity index (χ3n) is 4.76. The van der Waals surface area contributed by atoms with E-state index in [1.807, 2.05) is 7.05 Å². The largest absolute Gasteiger partial charge is 0.385 e. The quantitative estimate of drug-likeness (QED) is 0.604. The van der Waals surface area contributed by atoms with Crippen molar-refractivity contribution in [3.8, 4) is 0 Å². The van der Waals surface area contributed by atoms with Gasteiger partial charge in [-0.2, -0.15) is 11.8 Å². The topological polar surface area (TPSA) is 36.9 Å². The van der Waals surface area contributed by atoms with Crippen LogP contribution in [0.5, 0.6) is 0 Å². The number of nitrogens with zero attached hydrogens (tertiary/aromatic N) is 2. The molecule has 4 nitrogen and oxygen atoms in total. The number of rotatable bonds is 6. The molecule has 1 N–H and O–H groups in total. The summed E-state index contributed by atoms with van der Waals surface area (Å²) in [6, 6.07) is 0. The van der Waals surface area contributed by atoms with E-state index in [1.54, 1.807) is 7.11 Å². The molecule has 1 heterocycles. The number of hydrogen-bond acceptors (Lipinski definition) is 3. The fourth-order valence-electron chi connectivity index (χ4n) is 2.88. The molecule has 2 aliphatic rings. The van der Waals surface area contributed by atoms with Crippen LogP contribution in [0.1, 0.15) is 33.1 Å². The second-order valence-electron chi connectivity index (χ2n) is 6.74. The minimum atomic E-state index is 0.466. The summed E-state index contributed by atoms with van der Waals surface area (Å²) in [5.74, 6) is 3.02. The summed E-state index contributed by atoms with van der Waals surface area (Å²) in [5, 5.41) is 4.34. The SMILES string of the molecule is CN=C(NCC1(CCOC)CC1)N1CCSC(C(C)C)C1. The van der Waals surface area contributed by atoms with Gasteiger partial charge in [0.05, 0.1) is 0 Å². The van der Waals surface area contributed by atoms with Gasteiger partial charge in [-0.05, 0) is 30.6 Å². The smallest absolute Gasteiger partial charge is 0.193 e. The molecule has 0 amide bonds. The molecule has 21 heavy (non-hydrogen) atoms. The van der Waals surface area contributed by atoms with Crippen LogP contribution in [0, 0.1) is 11.3 Å². The lowest BCUT2D eigenvalue weighted by atomic mass is 10.0. The Morgan fingerprint density at radius 1 is 1.48 bits per heavy atom. The Balaban J connectivity index is 1.83. The third-order valence-corrected chi connectivity index (χ3v) is 6.30. The first-order chi connectivity index (χ1) is 10.1. The molecule has 0 spiro atoms. The van der Waals surface area contributed by atoms with E-state index < -0.39 is 0 Å². The normalized spacial score (nSPS) is 25.3. The van der Waals surface area contributed by atoms with Crippen LogP contribution in [-0.4, -0.2) is 62.3 Å². The van der Waals surface area contributed by atoms with Crippen LogP contribution in [0.2, 0.25) is 0 Å². The summed E-state index contributed by atoms with van der Waals surface area (Å²) in [6.07, 6.45) is 3.81. The molecule has 0 radical (unpaired) electrons. The molecule has 122 valence electrons. The van der Waals surface area contributed by atoms with Gasteiger partial charge in [0, 0.05) is 51.4 Å². The van der Waals surface area contributed by atoms with Crippen molar-refractivity contribution in [1.82, 2.24) is 10.2 Å². The van der Waals surface area contributed by atoms with E-state index in [9.17, 15) is 0 Å². The molecular formula is C16H31N3OS. The lowest BCUT2D eigenvalue weighted by molar-refractivity contribution is 0.172. The molecule has 1 saturated carbocycles. The number of hydrogen-bond donors (Lipinski definition) is 1. The fraction of sp³-hybridized carbons (Fsp3) is 0.938. The predicted octanol–water partition coefficient (Wildman–Crippen LogP) is 2.45. The predicted molar refractivity (Wildman–Crippen MR) is 92.2 cm³/mol. The number of aliphatic imine (C=N–C) groups is 1. The van der Waals surface area contributed by atoms with Gasteiger partial charge in [-0.15, -0.1) is 0 Å². The van der Waals surface area contributed by atoms with Crippen molar-refractivity contribution in [3.05, 3.63) is 0 Å². The molecule has 1 atom stereocenters. The second kappa shape index (κ2) is 7.73. The number of ether oxygens (including phenoxy) is 1. The summed E-state index contributed by atoms with van der Waals surface area (Å²) >= 11 is 2.11. The van der Waals surface area contributed by atoms with Gasteiger partial charge in [0.1, 0.15) is 0 Å². The van der Waals surface area contributed by atoms with Gasteiger partial charge < -0.3 is 15.0 Å². The van der Waals surface area contributed by atoms with Crippen molar-refractivity contribution in [3.63, 3.8) is 0 Å². The highest BCUT2D eigenvalue weighted by atomic mass is 32.2. The van der Waals surface area contributed by atoms with E-state index in [2.05, 4.69) is 40.8 Å². The van der Waals surface area contributed by atoms with Crippen molar-refractivity contribution in [1.29, 1.82) is 0 Å². The Morgan fingerprint density at radius 2 is 2.24 bits per heavy atom. The molecule has 0 aromatic carbocycles. The van der Waals surface area contributed by atoms with Crippen LogP contribution in [0.15, 0.2) is 4.99 Å². The van der Waals surface area contributed by atoms with Crippen LogP contribution in [0.25, 0.3) is 0 Å². The minimum absolute atomic E-state index is 0.466. The molecule has 2 fully saturated rings. The monoisotopic (exact) mass is 313 g/mol. The van der Waals surface area contributed by atoms with Crippen molar-refractivity contribution in [2.45, 2.75) is 38.4 Å². The molecule has 1 aliphatic heterocycles. The van der Waals surface area contributed by atoms with E-state index in [0.29, 0.717) is 5.41 Å². The van der Waals surface area contributed by atoms with Gasteiger partial charge in [0.2, 0.25) is 0 Å². The van der Waals surface area contributed by atoms with Crippen LogP contribution in [0.3, 0.4) is 0 Å². The number of thioether (sulfide) groups is 1. The molecule has 5 heteroatoms. The summed E-state index contributed by atoms with van der Waals surface area (Å²) < 4.78 is 5.24. The minimum Gasteiger partial charge on any atom is -0.385 e. The first-order valence-electron chi connectivity index (χ1n) is 8.16. The Bertz CT molecular complexity index is 355. The van der Waals surface area contributed by atoms with E-state index in [1.165, 1.54) is 18.6 Å². The van der Waals surface area contributed by atoms with Crippen molar-refractivity contribution < 1.29 is 4.74 Å². The van der Waals surface area contributed by atoms with Crippen molar-refractivity contribution in [2.75, 3.05) is 46.2 Å². The first kappa shape index (κ1) is 16.9. The number of guanidine groups is 1. The standard InChI is InChI=1S/C16H31N3OS/c1-13(2)14-11-19(8-10-21-14)15(17-3)18-12-16(5-6-16)7-9-20-4/h13-14H,5-12H2,1-4H3,(H,17,18). The number of methoxy groups -OCH3 is 1. The highest BCUT2D eigenvalue weighted by Gasteiger charge is 2.42. The third kappa shape index (κ3) is 4.78. The van der Waals surface area contributed by atoms with Crippen LogP contribution < -0.4 is 5.32 Å². The lowest BCUT2D eigenvalue weighted by Gasteiger charge is -2.36. The molecule has 1 unspecified atom stereocenters. The van der Waals surface area contributed by atoms with E-state index in [-0.39, 0.29) is 0 Å². The zero-order chi connectivity index (χ0) is 15.3. The highest BCUT2D eigenvalue weighted by molar-refractivity contribution is 8.00. The Labute approximate surface area is 134 Å². The van der Waals surface area contributed by atoms with Gasteiger partial charge in [-0.3, -0.25) is 4.99 Å². The fourth-order valence-corrected chi connectivity index (χ4v) is 4.18. The summed E-state index contributed by atoms with van der Waals surface area (Å²) in [7, 11) is 3.70. The van der Waals surface area contributed by atoms with Crippen LogP contribution >= 0.6 is 11.8 Å². The average molecular weight is 314 g/mol. The maximum absolute atomic E-state index is 5.24. The first-order valence-corrected chi connectivity index (χ1v) is 9.21. The Morgan fingerprint density at radius 3 is 2.81 bits per heavy atom. The Kier molecular flexibility index (Phi) is 6.23. The Hall–Kier alpha value is -0.420. The average Bonchev–Trinajstić information content (AvgIpc) is 3.26.